The standard InChI is InChI=1S/C14H14FN3O3/c1-18-7-8(16)5-12(18)13(19)17-9-3-4-11(15)10(6-9)14(20)21-2/h3-7H,16H2,1-2H3,(H,17,19). The average Bonchev–Trinajstić information content (AvgIpc) is 2.79. The van der Waals surface area contributed by atoms with E-state index in [2.05, 4.69) is 10.1 Å². The number of nitrogens with two attached hydrogens (primary N) is 1. The Morgan fingerprint density at radius 3 is 2.62 bits per heavy atom. The van der Waals surface area contributed by atoms with Crippen LogP contribution in [0.15, 0.2) is 30.5 Å². The number of ether oxygens (including phenoxy) is 1. The van der Waals surface area contributed by atoms with Crippen molar-refractivity contribution >= 4 is 23.3 Å². The van der Waals surface area contributed by atoms with Crippen molar-refractivity contribution in [2.24, 2.45) is 7.05 Å². The summed E-state index contributed by atoms with van der Waals surface area (Å²) in [5.74, 6) is -1.95. The molecule has 1 aromatic heterocycles. The lowest BCUT2D eigenvalue weighted by Crippen LogP contribution is -2.16. The van der Waals surface area contributed by atoms with Crippen molar-refractivity contribution in [1.29, 1.82) is 0 Å². The van der Waals surface area contributed by atoms with E-state index in [9.17, 15) is 14.0 Å². The fraction of sp³-hybridized carbons (Fsp3) is 0.143. The van der Waals surface area contributed by atoms with Crippen LogP contribution in [0.2, 0.25) is 0 Å². The lowest BCUT2D eigenvalue weighted by molar-refractivity contribution is 0.0595. The number of halogens is 1. The fourth-order valence-corrected chi connectivity index (χ4v) is 1.88. The predicted molar refractivity (Wildman–Crippen MR) is 75.5 cm³/mol. The zero-order valence-electron chi connectivity index (χ0n) is 11.5. The molecule has 0 aliphatic heterocycles. The summed E-state index contributed by atoms with van der Waals surface area (Å²) in [7, 11) is 2.83. The molecule has 0 unspecified atom stereocenters. The second-order valence-corrected chi connectivity index (χ2v) is 4.41. The summed E-state index contributed by atoms with van der Waals surface area (Å²) in [6, 6.07) is 5.17. The Labute approximate surface area is 120 Å². The molecule has 0 bridgehead atoms. The van der Waals surface area contributed by atoms with Gasteiger partial charge in [0, 0.05) is 18.9 Å². The van der Waals surface area contributed by atoms with Gasteiger partial charge in [0.2, 0.25) is 0 Å². The Morgan fingerprint density at radius 2 is 2.05 bits per heavy atom. The number of nitrogen functional groups attached to an aromatic ring is 1. The first-order chi connectivity index (χ1) is 9.92. The third-order valence-corrected chi connectivity index (χ3v) is 2.89. The highest BCUT2D eigenvalue weighted by Gasteiger charge is 2.15. The number of methoxy groups -OCH3 is 1. The van der Waals surface area contributed by atoms with Crippen LogP contribution in [0.5, 0.6) is 0 Å². The summed E-state index contributed by atoms with van der Waals surface area (Å²) in [6.45, 7) is 0. The number of hydrogen-bond acceptors (Lipinski definition) is 4. The fourth-order valence-electron chi connectivity index (χ4n) is 1.88. The van der Waals surface area contributed by atoms with Crippen molar-refractivity contribution in [3.63, 3.8) is 0 Å². The van der Waals surface area contributed by atoms with Crippen LogP contribution in [0.3, 0.4) is 0 Å². The summed E-state index contributed by atoms with van der Waals surface area (Å²) >= 11 is 0. The van der Waals surface area contributed by atoms with E-state index in [-0.39, 0.29) is 11.3 Å². The second kappa shape index (κ2) is 5.66. The summed E-state index contributed by atoms with van der Waals surface area (Å²) in [5.41, 5.74) is 6.43. The molecule has 0 saturated carbocycles. The second-order valence-electron chi connectivity index (χ2n) is 4.41. The number of benzene rings is 1. The van der Waals surface area contributed by atoms with Gasteiger partial charge >= 0.3 is 5.97 Å². The summed E-state index contributed by atoms with van der Waals surface area (Å²) < 4.78 is 19.5. The number of nitrogens with zero attached hydrogens (tertiary/aromatic N) is 1. The highest BCUT2D eigenvalue weighted by molar-refractivity contribution is 6.04. The van der Waals surface area contributed by atoms with Gasteiger partial charge in [-0.2, -0.15) is 0 Å². The van der Waals surface area contributed by atoms with Crippen molar-refractivity contribution in [3.05, 3.63) is 47.5 Å². The van der Waals surface area contributed by atoms with Gasteiger partial charge < -0.3 is 20.4 Å². The number of aromatic nitrogens is 1. The highest BCUT2D eigenvalue weighted by atomic mass is 19.1. The number of rotatable bonds is 3. The Hall–Kier alpha value is -2.83. The zero-order chi connectivity index (χ0) is 15.6. The molecule has 0 spiro atoms. The minimum Gasteiger partial charge on any atom is -0.465 e. The van der Waals surface area contributed by atoms with Crippen molar-refractivity contribution < 1.29 is 18.7 Å². The van der Waals surface area contributed by atoms with Crippen LogP contribution in [-0.2, 0) is 11.8 Å². The molecule has 0 radical (unpaired) electrons. The number of anilines is 2. The molecule has 0 atom stereocenters. The lowest BCUT2D eigenvalue weighted by atomic mass is 10.2. The Kier molecular flexibility index (Phi) is 3.93. The molecule has 0 saturated heterocycles. The molecule has 2 rings (SSSR count). The normalized spacial score (nSPS) is 10.2. The quantitative estimate of drug-likeness (QED) is 0.844. The average molecular weight is 291 g/mol. The van der Waals surface area contributed by atoms with Crippen LogP contribution >= 0.6 is 0 Å². The van der Waals surface area contributed by atoms with E-state index in [1.807, 2.05) is 0 Å². The Bertz CT molecular complexity index is 709. The molecule has 1 amide bonds. The number of aryl methyl sites for hydroxylation is 1. The van der Waals surface area contributed by atoms with E-state index < -0.39 is 17.7 Å². The number of carbonyl (C=O) groups is 2. The van der Waals surface area contributed by atoms with Gasteiger partial charge in [-0.15, -0.1) is 0 Å². The van der Waals surface area contributed by atoms with E-state index in [1.165, 1.54) is 18.2 Å². The van der Waals surface area contributed by atoms with E-state index >= 15 is 0 Å². The molecule has 0 aliphatic carbocycles. The maximum atomic E-state index is 13.5. The summed E-state index contributed by atoms with van der Waals surface area (Å²) in [5, 5.41) is 2.57. The number of esters is 1. The topological polar surface area (TPSA) is 86.3 Å². The maximum absolute atomic E-state index is 13.5. The summed E-state index contributed by atoms with van der Waals surface area (Å²) in [4.78, 5) is 23.5. The molecule has 6 nitrogen and oxygen atoms in total. The minimum absolute atomic E-state index is 0.248. The van der Waals surface area contributed by atoms with Crippen molar-refractivity contribution in [1.82, 2.24) is 4.57 Å². The zero-order valence-corrected chi connectivity index (χ0v) is 11.5. The molecule has 110 valence electrons. The van der Waals surface area contributed by atoms with Crippen molar-refractivity contribution in [2.75, 3.05) is 18.2 Å². The minimum atomic E-state index is -0.813. The maximum Gasteiger partial charge on any atom is 0.340 e. The molecule has 0 aliphatic rings. The molecular weight excluding hydrogens is 277 g/mol. The first kappa shape index (κ1) is 14.6. The molecule has 1 aromatic carbocycles. The molecule has 21 heavy (non-hydrogen) atoms. The van der Waals surface area contributed by atoms with Gasteiger partial charge in [0.25, 0.3) is 5.91 Å². The molecule has 3 N–H and O–H groups in total. The monoisotopic (exact) mass is 291 g/mol. The van der Waals surface area contributed by atoms with Gasteiger partial charge in [0.1, 0.15) is 11.5 Å². The number of nitrogens with one attached hydrogen (secondary N) is 1. The van der Waals surface area contributed by atoms with Crippen LogP contribution in [0.25, 0.3) is 0 Å². The van der Waals surface area contributed by atoms with Crippen molar-refractivity contribution in [2.45, 2.75) is 0 Å². The van der Waals surface area contributed by atoms with Gasteiger partial charge in [0.15, 0.2) is 0 Å². The van der Waals surface area contributed by atoms with E-state index in [4.69, 9.17) is 5.73 Å². The summed E-state index contributed by atoms with van der Waals surface area (Å²) in [6.07, 6.45) is 1.60. The van der Waals surface area contributed by atoms with Gasteiger partial charge in [0.05, 0.1) is 18.4 Å². The molecule has 0 fully saturated rings. The molecule has 1 heterocycles. The van der Waals surface area contributed by atoms with E-state index in [0.29, 0.717) is 11.4 Å². The van der Waals surface area contributed by atoms with Crippen LogP contribution in [0.1, 0.15) is 20.8 Å². The highest BCUT2D eigenvalue weighted by Crippen LogP contribution is 2.17. The van der Waals surface area contributed by atoms with Gasteiger partial charge in [-0.3, -0.25) is 4.79 Å². The van der Waals surface area contributed by atoms with Crippen LogP contribution in [0, 0.1) is 5.82 Å². The van der Waals surface area contributed by atoms with Gasteiger partial charge in [-0.1, -0.05) is 0 Å². The van der Waals surface area contributed by atoms with E-state index in [0.717, 1.165) is 13.2 Å². The number of carbonyl (C=O) groups excluding carboxylic acids is 2. The van der Waals surface area contributed by atoms with Crippen LogP contribution in [0.4, 0.5) is 15.8 Å². The van der Waals surface area contributed by atoms with Crippen LogP contribution < -0.4 is 11.1 Å². The largest absolute Gasteiger partial charge is 0.465 e. The smallest absolute Gasteiger partial charge is 0.340 e. The van der Waals surface area contributed by atoms with Gasteiger partial charge in [-0.05, 0) is 24.3 Å². The van der Waals surface area contributed by atoms with Gasteiger partial charge in [-0.25, -0.2) is 9.18 Å². The number of amides is 1. The lowest BCUT2D eigenvalue weighted by Gasteiger charge is -2.08. The Morgan fingerprint density at radius 1 is 1.33 bits per heavy atom. The van der Waals surface area contributed by atoms with Crippen LogP contribution in [-0.4, -0.2) is 23.6 Å². The molecule has 7 heteroatoms. The SMILES string of the molecule is COC(=O)c1cc(NC(=O)c2cc(N)cn2C)ccc1F. The third-order valence-electron chi connectivity index (χ3n) is 2.89. The Balaban J connectivity index is 2.26. The predicted octanol–water partition coefficient (Wildman–Crippen LogP) is 1.79. The number of hydrogen-bond donors (Lipinski definition) is 2. The first-order valence-corrected chi connectivity index (χ1v) is 6.03. The third kappa shape index (κ3) is 3.02. The van der Waals surface area contributed by atoms with E-state index in [1.54, 1.807) is 17.8 Å². The molecular formula is C14H14FN3O3. The van der Waals surface area contributed by atoms with Crippen molar-refractivity contribution in [3.8, 4) is 0 Å². The molecule has 2 aromatic rings. The first-order valence-electron chi connectivity index (χ1n) is 6.03.